The topological polar surface area (TPSA) is 66.8 Å². The molecular weight excluding hydrogens is 301 g/mol. The number of carbonyl (C=O) groups is 1. The molecule has 4 nitrogen and oxygen atoms in total. The van der Waals surface area contributed by atoms with Crippen LogP contribution < -0.4 is 0 Å². The van der Waals surface area contributed by atoms with Gasteiger partial charge in [0.1, 0.15) is 6.10 Å². The fourth-order valence-corrected chi connectivity index (χ4v) is 2.54. The van der Waals surface area contributed by atoms with E-state index in [9.17, 15) is 28.2 Å². The van der Waals surface area contributed by atoms with Crippen LogP contribution in [0.3, 0.4) is 0 Å². The van der Waals surface area contributed by atoms with Crippen LogP contribution in [0.4, 0.5) is 13.2 Å². The summed E-state index contributed by atoms with van der Waals surface area (Å²) in [6.07, 6.45) is -6.18. The smallest absolute Gasteiger partial charge is 0.417 e. The molecule has 0 aromatic carbocycles. The molecule has 0 heterocycles. The summed E-state index contributed by atoms with van der Waals surface area (Å²) in [4.78, 5) is 12.0. The van der Waals surface area contributed by atoms with Crippen molar-refractivity contribution in [3.8, 4) is 0 Å². The van der Waals surface area contributed by atoms with Gasteiger partial charge in [-0.2, -0.15) is 13.2 Å². The van der Waals surface area contributed by atoms with Crippen molar-refractivity contribution in [1.29, 1.82) is 0 Å². The summed E-state index contributed by atoms with van der Waals surface area (Å²) in [7, 11) is 0. The highest BCUT2D eigenvalue weighted by atomic mass is 19.4. The third-order valence-corrected chi connectivity index (χ3v) is 4.77. The van der Waals surface area contributed by atoms with Crippen LogP contribution in [0.2, 0.25) is 0 Å². The van der Waals surface area contributed by atoms with Crippen molar-refractivity contribution in [1.82, 2.24) is 0 Å². The minimum atomic E-state index is -4.81. The van der Waals surface area contributed by atoms with Crippen LogP contribution in [0.25, 0.3) is 0 Å². The summed E-state index contributed by atoms with van der Waals surface area (Å²) < 4.78 is 43.9. The number of carbonyl (C=O) groups excluding carboxylic acids is 1. The van der Waals surface area contributed by atoms with E-state index in [0.29, 0.717) is 13.3 Å². The summed E-state index contributed by atoms with van der Waals surface area (Å²) in [6.45, 7) is 5.97. The minimum absolute atomic E-state index is 0.0574. The predicted molar refractivity (Wildman–Crippen MR) is 74.0 cm³/mol. The predicted octanol–water partition coefficient (Wildman–Crippen LogP) is 2.81. The Labute approximate surface area is 128 Å². The lowest BCUT2D eigenvalue weighted by molar-refractivity contribution is -0.286. The van der Waals surface area contributed by atoms with Crippen LogP contribution in [-0.4, -0.2) is 40.2 Å². The first-order chi connectivity index (χ1) is 9.83. The molecule has 2 N–H and O–H groups in total. The van der Waals surface area contributed by atoms with Crippen LogP contribution in [-0.2, 0) is 9.53 Å². The minimum Gasteiger partial charge on any atom is -0.462 e. The lowest BCUT2D eigenvalue weighted by atomic mass is 9.74. The first-order valence-electron chi connectivity index (χ1n) is 7.51. The molecule has 7 heteroatoms. The average Bonchev–Trinajstić information content (AvgIpc) is 2.37. The van der Waals surface area contributed by atoms with Crippen LogP contribution in [0.15, 0.2) is 0 Å². The monoisotopic (exact) mass is 326 g/mol. The Hall–Kier alpha value is -0.820. The van der Waals surface area contributed by atoms with Gasteiger partial charge >= 0.3 is 12.1 Å². The largest absolute Gasteiger partial charge is 0.462 e. The molecule has 0 bridgehead atoms. The highest BCUT2D eigenvalue weighted by molar-refractivity contribution is 5.76. The quantitative estimate of drug-likeness (QED) is 0.780. The molecule has 1 rings (SSSR count). The molecule has 1 aliphatic carbocycles. The zero-order valence-corrected chi connectivity index (χ0v) is 13.4. The molecular formula is C15H25F3O4. The van der Waals surface area contributed by atoms with E-state index in [4.69, 9.17) is 4.74 Å². The molecule has 0 aromatic heterocycles. The summed E-state index contributed by atoms with van der Waals surface area (Å²) in [6, 6.07) is 0. The maximum Gasteiger partial charge on any atom is 0.417 e. The first-order valence-corrected chi connectivity index (χ1v) is 7.51. The van der Waals surface area contributed by atoms with Gasteiger partial charge in [-0.05, 0) is 40.0 Å². The number of aliphatic hydroxyl groups is 2. The molecule has 1 aliphatic rings. The molecule has 0 aromatic rings. The second-order valence-electron chi connectivity index (χ2n) is 6.90. The van der Waals surface area contributed by atoms with Crippen molar-refractivity contribution < 1.29 is 32.9 Å². The Bertz CT molecular complexity index is 404. The number of esters is 1. The van der Waals surface area contributed by atoms with E-state index in [2.05, 4.69) is 0 Å². The van der Waals surface area contributed by atoms with Gasteiger partial charge in [-0.1, -0.05) is 6.92 Å². The molecule has 0 spiro atoms. The average molecular weight is 326 g/mol. The van der Waals surface area contributed by atoms with Crippen molar-refractivity contribution in [3.63, 3.8) is 0 Å². The van der Waals surface area contributed by atoms with E-state index >= 15 is 0 Å². The van der Waals surface area contributed by atoms with Crippen molar-refractivity contribution in [2.45, 2.75) is 77.4 Å². The molecule has 0 radical (unpaired) electrons. The van der Waals surface area contributed by atoms with Crippen LogP contribution in [0.1, 0.15) is 53.4 Å². The second kappa shape index (κ2) is 6.35. The van der Waals surface area contributed by atoms with Gasteiger partial charge in [-0.15, -0.1) is 0 Å². The van der Waals surface area contributed by atoms with E-state index in [1.807, 2.05) is 6.92 Å². The van der Waals surface area contributed by atoms with Gasteiger partial charge in [0.05, 0.1) is 11.5 Å². The second-order valence-corrected chi connectivity index (χ2v) is 6.90. The summed E-state index contributed by atoms with van der Waals surface area (Å²) in [5, 5.41) is 19.6. The van der Waals surface area contributed by atoms with Crippen molar-refractivity contribution in [2.75, 3.05) is 0 Å². The Kier molecular flexibility index (Phi) is 5.55. The zero-order chi connectivity index (χ0) is 17.3. The Morgan fingerprint density at radius 2 is 1.77 bits per heavy atom. The highest BCUT2D eigenvalue weighted by Gasteiger charge is 2.57. The summed E-state index contributed by atoms with van der Waals surface area (Å²) >= 11 is 0. The Balaban J connectivity index is 2.70. The SMILES string of the molecule is CCC(C)(C)C(=O)OC1CCC(C(C)(O)C(F)(F)F)C(O)C1. The number of alkyl halides is 3. The maximum absolute atomic E-state index is 12.9. The number of aliphatic hydroxyl groups excluding tert-OH is 1. The molecule has 4 atom stereocenters. The Morgan fingerprint density at radius 3 is 2.18 bits per heavy atom. The van der Waals surface area contributed by atoms with E-state index in [-0.39, 0.29) is 19.3 Å². The van der Waals surface area contributed by atoms with Gasteiger partial charge in [-0.25, -0.2) is 0 Å². The number of ether oxygens (including phenoxy) is 1. The van der Waals surface area contributed by atoms with E-state index in [1.165, 1.54) is 0 Å². The lowest BCUT2D eigenvalue weighted by Gasteiger charge is -2.42. The van der Waals surface area contributed by atoms with Crippen LogP contribution in [0.5, 0.6) is 0 Å². The molecule has 0 aliphatic heterocycles. The summed E-state index contributed by atoms with van der Waals surface area (Å²) in [5.41, 5.74) is -3.62. The van der Waals surface area contributed by atoms with Crippen molar-refractivity contribution in [2.24, 2.45) is 11.3 Å². The Morgan fingerprint density at radius 1 is 1.23 bits per heavy atom. The van der Waals surface area contributed by atoms with Crippen molar-refractivity contribution >= 4 is 5.97 Å². The van der Waals surface area contributed by atoms with Gasteiger partial charge in [-0.3, -0.25) is 4.79 Å². The standard InChI is InChI=1S/C15H25F3O4/c1-5-13(2,3)12(20)22-9-6-7-10(11(19)8-9)14(4,21)15(16,17)18/h9-11,19,21H,5-8H2,1-4H3. The fraction of sp³-hybridized carbons (Fsp3) is 0.933. The number of hydrogen-bond donors (Lipinski definition) is 2. The molecule has 1 saturated carbocycles. The maximum atomic E-state index is 12.9. The van der Waals surface area contributed by atoms with E-state index < -0.39 is 41.3 Å². The normalized spacial score (nSPS) is 29.8. The third kappa shape index (κ3) is 3.93. The molecule has 130 valence electrons. The number of halogens is 3. The first kappa shape index (κ1) is 19.2. The van der Waals surface area contributed by atoms with Crippen LogP contribution in [0, 0.1) is 11.3 Å². The fourth-order valence-electron chi connectivity index (χ4n) is 2.54. The number of hydrogen-bond acceptors (Lipinski definition) is 4. The molecule has 0 saturated heterocycles. The van der Waals surface area contributed by atoms with Gasteiger partial charge in [0.15, 0.2) is 5.60 Å². The van der Waals surface area contributed by atoms with E-state index in [0.717, 1.165) is 0 Å². The van der Waals surface area contributed by atoms with Gasteiger partial charge < -0.3 is 14.9 Å². The van der Waals surface area contributed by atoms with Crippen LogP contribution >= 0.6 is 0 Å². The zero-order valence-electron chi connectivity index (χ0n) is 13.4. The van der Waals surface area contributed by atoms with Gasteiger partial charge in [0, 0.05) is 12.3 Å². The highest BCUT2D eigenvalue weighted by Crippen LogP contribution is 2.43. The molecule has 4 unspecified atom stereocenters. The summed E-state index contributed by atoms with van der Waals surface area (Å²) in [5.74, 6) is -1.74. The molecule has 22 heavy (non-hydrogen) atoms. The molecule has 1 fully saturated rings. The lowest BCUT2D eigenvalue weighted by Crippen LogP contribution is -2.55. The van der Waals surface area contributed by atoms with Gasteiger partial charge in [0.25, 0.3) is 0 Å². The number of rotatable bonds is 4. The van der Waals surface area contributed by atoms with E-state index in [1.54, 1.807) is 13.8 Å². The van der Waals surface area contributed by atoms with Gasteiger partial charge in [0.2, 0.25) is 0 Å². The van der Waals surface area contributed by atoms with Crippen molar-refractivity contribution in [3.05, 3.63) is 0 Å². The third-order valence-electron chi connectivity index (χ3n) is 4.77. The molecule has 0 amide bonds.